The fraction of sp³-hybridized carbons (Fsp3) is 0.762. The number of nitrogens with zero attached hydrogens (tertiary/aromatic N) is 3. The lowest BCUT2D eigenvalue weighted by molar-refractivity contribution is -0.0566. The van der Waals surface area contributed by atoms with Gasteiger partial charge in [0, 0.05) is 12.7 Å². The normalized spacial score (nSPS) is 18.3. The monoisotopic (exact) mass is 439 g/mol. The molecular weight excluding hydrogens is 402 g/mol. The largest absolute Gasteiger partial charge is 0.461 e. The van der Waals surface area contributed by atoms with Gasteiger partial charge >= 0.3 is 12.1 Å². The van der Waals surface area contributed by atoms with Crippen LogP contribution in [0.5, 0.6) is 6.01 Å². The van der Waals surface area contributed by atoms with Gasteiger partial charge in [-0.25, -0.2) is 9.78 Å². The summed E-state index contributed by atoms with van der Waals surface area (Å²) in [6.45, 7) is 18.6. The number of hydrogen-bond donors (Lipinski definition) is 0. The highest BCUT2D eigenvalue weighted by Gasteiger charge is 2.37. The van der Waals surface area contributed by atoms with E-state index in [0.29, 0.717) is 26.3 Å². The molecule has 1 amide bonds. The number of carbonyl (C=O) groups excluding carboxylic acids is 1. The van der Waals surface area contributed by atoms with E-state index in [1.165, 1.54) is 0 Å². The van der Waals surface area contributed by atoms with Gasteiger partial charge in [0.2, 0.25) is 0 Å². The Kier molecular flexibility index (Phi) is 7.87. The summed E-state index contributed by atoms with van der Waals surface area (Å²) in [4.78, 5) is 22.5. The first-order valence-corrected chi connectivity index (χ1v) is 13.4. The second-order valence-electron chi connectivity index (χ2n) is 10.1. The van der Waals surface area contributed by atoms with Crippen LogP contribution in [0.15, 0.2) is 12.3 Å². The first-order valence-electron chi connectivity index (χ1n) is 10.4. The molecule has 1 atom stereocenters. The third kappa shape index (κ3) is 7.52. The smallest absolute Gasteiger partial charge is 0.410 e. The van der Waals surface area contributed by atoms with Gasteiger partial charge in [0.1, 0.15) is 18.3 Å². The first-order chi connectivity index (χ1) is 13.8. The van der Waals surface area contributed by atoms with Gasteiger partial charge in [-0.2, -0.15) is 4.98 Å². The van der Waals surface area contributed by atoms with Crippen LogP contribution in [0, 0.1) is 0 Å². The van der Waals surface area contributed by atoms with Crippen LogP contribution in [0.1, 0.15) is 47.2 Å². The predicted octanol–water partition coefficient (Wildman–Crippen LogP) is 4.01. The molecular formula is C21H37N3O5Si. The topological polar surface area (TPSA) is 83.0 Å². The molecule has 1 aromatic rings. The molecule has 0 aromatic carbocycles. The van der Waals surface area contributed by atoms with Crippen molar-refractivity contribution < 1.29 is 23.4 Å². The molecule has 2 heterocycles. The van der Waals surface area contributed by atoms with Crippen LogP contribution in [0.3, 0.4) is 0 Å². The summed E-state index contributed by atoms with van der Waals surface area (Å²) >= 11 is 0. The lowest BCUT2D eigenvalue weighted by Crippen LogP contribution is -2.49. The van der Waals surface area contributed by atoms with Crippen molar-refractivity contribution in [3.8, 4) is 6.01 Å². The SMILES string of the molecule is CC(C)(C)OC(=O)N1CCO[C@H](COc2nccc(CO[Si](C)(C)C(C)(C)C)n2)C1. The molecule has 0 saturated carbocycles. The lowest BCUT2D eigenvalue weighted by atomic mass is 10.2. The van der Waals surface area contributed by atoms with Crippen LogP contribution < -0.4 is 4.74 Å². The summed E-state index contributed by atoms with van der Waals surface area (Å²) < 4.78 is 23.1. The number of morpholine rings is 1. The molecule has 9 heteroatoms. The molecule has 1 aromatic heterocycles. The van der Waals surface area contributed by atoms with Crippen molar-refractivity contribution in [3.05, 3.63) is 18.0 Å². The second kappa shape index (κ2) is 9.61. The second-order valence-corrected chi connectivity index (χ2v) is 14.9. The number of ether oxygens (including phenoxy) is 3. The van der Waals surface area contributed by atoms with Crippen molar-refractivity contribution >= 4 is 14.4 Å². The molecule has 0 unspecified atom stereocenters. The van der Waals surface area contributed by atoms with E-state index in [9.17, 15) is 4.79 Å². The summed E-state index contributed by atoms with van der Waals surface area (Å²) in [5.74, 6) is 0. The highest BCUT2D eigenvalue weighted by atomic mass is 28.4. The van der Waals surface area contributed by atoms with Gasteiger partial charge in [0.25, 0.3) is 0 Å². The van der Waals surface area contributed by atoms with Crippen molar-refractivity contribution in [2.45, 2.75) is 78.0 Å². The van der Waals surface area contributed by atoms with Crippen molar-refractivity contribution in [2.75, 3.05) is 26.3 Å². The molecule has 170 valence electrons. The number of hydrogen-bond acceptors (Lipinski definition) is 7. The number of rotatable bonds is 6. The van der Waals surface area contributed by atoms with E-state index in [1.807, 2.05) is 26.8 Å². The average molecular weight is 440 g/mol. The zero-order valence-corrected chi connectivity index (χ0v) is 20.7. The van der Waals surface area contributed by atoms with Crippen LogP contribution in [0.4, 0.5) is 4.79 Å². The van der Waals surface area contributed by atoms with Crippen molar-refractivity contribution in [2.24, 2.45) is 0 Å². The fourth-order valence-corrected chi connectivity index (χ4v) is 3.42. The van der Waals surface area contributed by atoms with E-state index in [1.54, 1.807) is 11.1 Å². The molecule has 2 rings (SSSR count). The summed E-state index contributed by atoms with van der Waals surface area (Å²) in [7, 11) is -1.86. The molecule has 0 aliphatic carbocycles. The van der Waals surface area contributed by atoms with E-state index in [2.05, 4.69) is 43.8 Å². The maximum Gasteiger partial charge on any atom is 0.410 e. The van der Waals surface area contributed by atoms with Gasteiger partial charge in [0.05, 0.1) is 25.5 Å². The van der Waals surface area contributed by atoms with Gasteiger partial charge in [-0.1, -0.05) is 20.8 Å². The number of aromatic nitrogens is 2. The highest BCUT2D eigenvalue weighted by Crippen LogP contribution is 2.37. The molecule has 8 nitrogen and oxygen atoms in total. The number of amides is 1. The maximum absolute atomic E-state index is 12.3. The Morgan fingerprint density at radius 1 is 1.27 bits per heavy atom. The fourth-order valence-electron chi connectivity index (χ4n) is 2.48. The molecule has 0 radical (unpaired) electrons. The Labute approximate surface area is 181 Å². The van der Waals surface area contributed by atoms with Crippen molar-refractivity contribution in [1.82, 2.24) is 14.9 Å². The third-order valence-corrected chi connectivity index (χ3v) is 9.75. The van der Waals surface area contributed by atoms with E-state index < -0.39 is 13.9 Å². The summed E-state index contributed by atoms with van der Waals surface area (Å²) in [5, 5.41) is 0.137. The van der Waals surface area contributed by atoms with Gasteiger partial charge in [-0.15, -0.1) is 0 Å². The minimum absolute atomic E-state index is 0.137. The van der Waals surface area contributed by atoms with Gasteiger partial charge in [-0.05, 0) is 45.0 Å². The first kappa shape index (κ1) is 24.6. The van der Waals surface area contributed by atoms with Gasteiger partial charge < -0.3 is 23.5 Å². The zero-order chi connectivity index (χ0) is 22.6. The van der Waals surface area contributed by atoms with E-state index in [4.69, 9.17) is 18.6 Å². The van der Waals surface area contributed by atoms with Gasteiger partial charge in [-0.3, -0.25) is 0 Å². The van der Waals surface area contributed by atoms with E-state index in [0.717, 1.165) is 5.69 Å². The molecule has 1 saturated heterocycles. The van der Waals surface area contributed by atoms with E-state index >= 15 is 0 Å². The average Bonchev–Trinajstić information content (AvgIpc) is 2.63. The quantitative estimate of drug-likeness (QED) is 0.619. The summed E-state index contributed by atoms with van der Waals surface area (Å²) in [6.07, 6.45) is 1.07. The minimum atomic E-state index is -1.86. The summed E-state index contributed by atoms with van der Waals surface area (Å²) in [6, 6.07) is 2.12. The molecule has 1 aliphatic rings. The molecule has 30 heavy (non-hydrogen) atoms. The Morgan fingerprint density at radius 2 is 1.97 bits per heavy atom. The standard InChI is InChI=1S/C21H37N3O5Si/c1-20(2,3)29-19(25)24-11-12-26-17(13-24)15-27-18-22-10-9-16(23-18)14-28-30(7,8)21(4,5)6/h9-10,17H,11-15H2,1-8H3/t17-/m0/s1. The Hall–Kier alpha value is -1.71. The van der Waals surface area contributed by atoms with Crippen LogP contribution >= 0.6 is 0 Å². The molecule has 0 N–H and O–H groups in total. The van der Waals surface area contributed by atoms with Gasteiger partial charge in [0.15, 0.2) is 8.32 Å². The van der Waals surface area contributed by atoms with Crippen LogP contribution in [-0.4, -0.2) is 67.3 Å². The third-order valence-electron chi connectivity index (χ3n) is 5.27. The van der Waals surface area contributed by atoms with E-state index in [-0.39, 0.29) is 29.9 Å². The molecule has 0 spiro atoms. The maximum atomic E-state index is 12.3. The summed E-state index contributed by atoms with van der Waals surface area (Å²) in [5.41, 5.74) is 0.257. The Bertz CT molecular complexity index is 715. The van der Waals surface area contributed by atoms with Crippen molar-refractivity contribution in [3.63, 3.8) is 0 Å². The minimum Gasteiger partial charge on any atom is -0.461 e. The Balaban J connectivity index is 1.87. The Morgan fingerprint density at radius 3 is 2.60 bits per heavy atom. The zero-order valence-electron chi connectivity index (χ0n) is 19.7. The molecule has 1 aliphatic heterocycles. The van der Waals surface area contributed by atoms with Crippen LogP contribution in [0.2, 0.25) is 18.1 Å². The lowest BCUT2D eigenvalue weighted by Gasteiger charge is -2.36. The molecule has 1 fully saturated rings. The predicted molar refractivity (Wildman–Crippen MR) is 117 cm³/mol. The van der Waals surface area contributed by atoms with Crippen molar-refractivity contribution in [1.29, 1.82) is 0 Å². The number of carbonyl (C=O) groups is 1. The highest BCUT2D eigenvalue weighted by molar-refractivity contribution is 6.74. The van der Waals surface area contributed by atoms with Crippen LogP contribution in [-0.2, 0) is 20.5 Å². The van der Waals surface area contributed by atoms with Crippen LogP contribution in [0.25, 0.3) is 0 Å². The molecule has 0 bridgehead atoms.